The van der Waals surface area contributed by atoms with Gasteiger partial charge in [-0.25, -0.2) is 13.6 Å². The minimum atomic E-state index is -0.539. The number of carbonyl (C=O) groups is 2. The SMILES string of the molecule is COC(=O)/C=C/CNC(=O)CCc1cc(F)ccc1F. The van der Waals surface area contributed by atoms with Crippen LogP contribution in [0.5, 0.6) is 0 Å². The summed E-state index contributed by atoms with van der Waals surface area (Å²) in [4.78, 5) is 22.2. The molecule has 1 N–H and O–H groups in total. The van der Waals surface area contributed by atoms with E-state index in [0.717, 1.165) is 18.2 Å². The lowest BCUT2D eigenvalue weighted by Crippen LogP contribution is -2.23. The third-order valence-corrected chi connectivity index (χ3v) is 2.50. The van der Waals surface area contributed by atoms with E-state index in [1.165, 1.54) is 19.3 Å². The molecule has 0 spiro atoms. The van der Waals surface area contributed by atoms with Gasteiger partial charge in [-0.15, -0.1) is 0 Å². The van der Waals surface area contributed by atoms with Crippen LogP contribution in [0.2, 0.25) is 0 Å². The van der Waals surface area contributed by atoms with Crippen molar-refractivity contribution < 1.29 is 23.1 Å². The molecule has 6 heteroatoms. The quantitative estimate of drug-likeness (QED) is 0.639. The van der Waals surface area contributed by atoms with Gasteiger partial charge in [0.2, 0.25) is 5.91 Å². The van der Waals surface area contributed by atoms with Crippen molar-refractivity contribution in [3.05, 3.63) is 47.5 Å². The number of hydrogen-bond acceptors (Lipinski definition) is 3. The third kappa shape index (κ3) is 5.60. The van der Waals surface area contributed by atoms with E-state index in [2.05, 4.69) is 10.1 Å². The summed E-state index contributed by atoms with van der Waals surface area (Å²) in [6, 6.07) is 3.12. The normalized spacial score (nSPS) is 10.6. The van der Waals surface area contributed by atoms with Crippen molar-refractivity contribution in [1.29, 1.82) is 0 Å². The van der Waals surface area contributed by atoms with Crippen LogP contribution in [0.3, 0.4) is 0 Å². The molecular weight excluding hydrogens is 268 g/mol. The number of methoxy groups -OCH3 is 1. The van der Waals surface area contributed by atoms with Crippen molar-refractivity contribution in [2.75, 3.05) is 13.7 Å². The molecule has 1 amide bonds. The van der Waals surface area contributed by atoms with Gasteiger partial charge in [0.1, 0.15) is 11.6 Å². The number of hydrogen-bond donors (Lipinski definition) is 1. The highest BCUT2D eigenvalue weighted by Gasteiger charge is 2.06. The zero-order chi connectivity index (χ0) is 15.0. The van der Waals surface area contributed by atoms with Crippen LogP contribution < -0.4 is 5.32 Å². The van der Waals surface area contributed by atoms with Crippen LogP contribution in [0.15, 0.2) is 30.4 Å². The second kappa shape index (κ2) is 8.04. The zero-order valence-electron chi connectivity index (χ0n) is 11.0. The molecule has 0 radical (unpaired) electrons. The van der Waals surface area contributed by atoms with Gasteiger partial charge in [-0.1, -0.05) is 6.08 Å². The van der Waals surface area contributed by atoms with Crippen LogP contribution in [0.25, 0.3) is 0 Å². The number of benzene rings is 1. The number of rotatable bonds is 6. The molecule has 0 aliphatic rings. The Bertz CT molecular complexity index is 515. The van der Waals surface area contributed by atoms with E-state index in [1.54, 1.807) is 0 Å². The van der Waals surface area contributed by atoms with Gasteiger partial charge in [0.15, 0.2) is 0 Å². The van der Waals surface area contributed by atoms with Gasteiger partial charge in [-0.3, -0.25) is 4.79 Å². The molecule has 0 saturated heterocycles. The molecule has 1 aromatic rings. The molecule has 0 aliphatic carbocycles. The average molecular weight is 283 g/mol. The maximum atomic E-state index is 13.3. The highest BCUT2D eigenvalue weighted by atomic mass is 19.1. The van der Waals surface area contributed by atoms with Gasteiger partial charge in [0.25, 0.3) is 0 Å². The summed E-state index contributed by atoms with van der Waals surface area (Å²) in [5, 5.41) is 2.52. The second-order valence-electron chi connectivity index (χ2n) is 3.97. The molecule has 20 heavy (non-hydrogen) atoms. The first kappa shape index (κ1) is 15.8. The molecular formula is C14H15F2NO3. The number of ether oxygens (including phenoxy) is 1. The monoisotopic (exact) mass is 283 g/mol. The Morgan fingerprint density at radius 2 is 2.10 bits per heavy atom. The van der Waals surface area contributed by atoms with E-state index in [4.69, 9.17) is 0 Å². The van der Waals surface area contributed by atoms with E-state index in [1.807, 2.05) is 0 Å². The second-order valence-corrected chi connectivity index (χ2v) is 3.97. The first-order valence-electron chi connectivity index (χ1n) is 5.98. The number of nitrogens with one attached hydrogen (secondary N) is 1. The van der Waals surface area contributed by atoms with Crippen LogP contribution in [0.1, 0.15) is 12.0 Å². The van der Waals surface area contributed by atoms with Gasteiger partial charge in [0.05, 0.1) is 7.11 Å². The van der Waals surface area contributed by atoms with E-state index in [9.17, 15) is 18.4 Å². The molecule has 0 heterocycles. The van der Waals surface area contributed by atoms with Crippen molar-refractivity contribution in [2.24, 2.45) is 0 Å². The third-order valence-electron chi connectivity index (χ3n) is 2.50. The Balaban J connectivity index is 2.35. The average Bonchev–Trinajstić information content (AvgIpc) is 2.44. The maximum absolute atomic E-state index is 13.3. The van der Waals surface area contributed by atoms with Crippen LogP contribution in [-0.2, 0) is 20.7 Å². The predicted octanol–water partition coefficient (Wildman–Crippen LogP) is 1.74. The molecule has 1 aromatic carbocycles. The van der Waals surface area contributed by atoms with E-state index in [-0.39, 0.29) is 30.9 Å². The zero-order valence-corrected chi connectivity index (χ0v) is 11.0. The summed E-state index contributed by atoms with van der Waals surface area (Å²) in [6.45, 7) is 0.166. The topological polar surface area (TPSA) is 55.4 Å². The standard InChI is InChI=1S/C14H15F2NO3/c1-20-14(19)3-2-8-17-13(18)7-4-10-9-11(15)5-6-12(10)16/h2-3,5-6,9H,4,7-8H2,1H3,(H,17,18)/b3-2+. The molecule has 0 saturated carbocycles. The predicted molar refractivity (Wildman–Crippen MR) is 68.8 cm³/mol. The summed E-state index contributed by atoms with van der Waals surface area (Å²) in [5.74, 6) is -1.91. The minimum Gasteiger partial charge on any atom is -0.466 e. The first-order valence-corrected chi connectivity index (χ1v) is 5.98. The summed E-state index contributed by atoms with van der Waals surface area (Å²) in [7, 11) is 1.25. The molecule has 0 bridgehead atoms. The Morgan fingerprint density at radius 1 is 1.35 bits per heavy atom. The molecule has 0 aliphatic heterocycles. The molecule has 0 aromatic heterocycles. The summed E-state index contributed by atoms with van der Waals surface area (Å²) in [6.07, 6.45) is 2.77. The van der Waals surface area contributed by atoms with Crippen molar-refractivity contribution >= 4 is 11.9 Å². The number of carbonyl (C=O) groups excluding carboxylic acids is 2. The summed E-state index contributed by atoms with van der Waals surface area (Å²) in [5.41, 5.74) is 0.158. The summed E-state index contributed by atoms with van der Waals surface area (Å²) >= 11 is 0. The summed E-state index contributed by atoms with van der Waals surface area (Å²) < 4.78 is 30.6. The van der Waals surface area contributed by atoms with Gasteiger partial charge in [-0.2, -0.15) is 0 Å². The van der Waals surface area contributed by atoms with Crippen molar-refractivity contribution in [2.45, 2.75) is 12.8 Å². The van der Waals surface area contributed by atoms with Gasteiger partial charge >= 0.3 is 5.97 Å². The lowest BCUT2D eigenvalue weighted by Gasteiger charge is -2.04. The molecule has 4 nitrogen and oxygen atoms in total. The fourth-order valence-electron chi connectivity index (χ4n) is 1.47. The van der Waals surface area contributed by atoms with Crippen molar-refractivity contribution in [1.82, 2.24) is 5.32 Å². The largest absolute Gasteiger partial charge is 0.466 e. The van der Waals surface area contributed by atoms with Crippen LogP contribution >= 0.6 is 0 Å². The lowest BCUT2D eigenvalue weighted by molar-refractivity contribution is -0.134. The van der Waals surface area contributed by atoms with Crippen molar-refractivity contribution in [3.63, 3.8) is 0 Å². The van der Waals surface area contributed by atoms with Crippen molar-refractivity contribution in [3.8, 4) is 0 Å². The molecule has 1 rings (SSSR count). The van der Waals surface area contributed by atoms with Gasteiger partial charge in [-0.05, 0) is 30.2 Å². The number of aryl methyl sites for hydroxylation is 1. The number of amides is 1. The Morgan fingerprint density at radius 3 is 2.80 bits per heavy atom. The molecule has 0 unspecified atom stereocenters. The first-order chi connectivity index (χ1) is 9.52. The number of halogens is 2. The lowest BCUT2D eigenvalue weighted by atomic mass is 10.1. The highest BCUT2D eigenvalue weighted by Crippen LogP contribution is 2.11. The Kier molecular flexibility index (Phi) is 6.36. The van der Waals surface area contributed by atoms with E-state index >= 15 is 0 Å². The van der Waals surface area contributed by atoms with Crippen LogP contribution in [0, 0.1) is 11.6 Å². The van der Waals surface area contributed by atoms with Crippen LogP contribution in [-0.4, -0.2) is 25.5 Å². The maximum Gasteiger partial charge on any atom is 0.330 e. The fraction of sp³-hybridized carbons (Fsp3) is 0.286. The van der Waals surface area contributed by atoms with Gasteiger partial charge in [0, 0.05) is 19.0 Å². The molecule has 0 fully saturated rings. The van der Waals surface area contributed by atoms with E-state index < -0.39 is 17.6 Å². The molecule has 108 valence electrons. The van der Waals surface area contributed by atoms with E-state index in [0.29, 0.717) is 0 Å². The molecule has 0 atom stereocenters. The number of esters is 1. The Hall–Kier alpha value is -2.24. The van der Waals surface area contributed by atoms with Crippen LogP contribution in [0.4, 0.5) is 8.78 Å². The highest BCUT2D eigenvalue weighted by molar-refractivity contribution is 5.82. The minimum absolute atomic E-state index is 0.0342. The smallest absolute Gasteiger partial charge is 0.330 e. The fourth-order valence-corrected chi connectivity index (χ4v) is 1.47. The Labute approximate surface area is 115 Å². The van der Waals surface area contributed by atoms with Gasteiger partial charge < -0.3 is 10.1 Å².